The SMILES string of the molecule is COc1ccccc1N1CCN(Cc2ccc(C(=O)N[C@H](C)c3cccs3)c(=O)[nH]2)CC1. The molecule has 1 atom stereocenters. The van der Waals surface area contributed by atoms with Crippen LogP contribution in [0.25, 0.3) is 0 Å². The topological polar surface area (TPSA) is 77.7 Å². The fourth-order valence-electron chi connectivity index (χ4n) is 3.95. The van der Waals surface area contributed by atoms with Crippen LogP contribution in [0.3, 0.4) is 0 Å². The summed E-state index contributed by atoms with van der Waals surface area (Å²) in [6.07, 6.45) is 0. The number of aromatic amines is 1. The van der Waals surface area contributed by atoms with Crippen LogP contribution in [0.1, 0.15) is 33.9 Å². The van der Waals surface area contributed by atoms with E-state index in [-0.39, 0.29) is 23.1 Å². The summed E-state index contributed by atoms with van der Waals surface area (Å²) in [7, 11) is 1.69. The number of carbonyl (C=O) groups is 1. The monoisotopic (exact) mass is 452 g/mol. The molecule has 0 saturated carbocycles. The third-order valence-electron chi connectivity index (χ3n) is 5.72. The van der Waals surface area contributed by atoms with E-state index in [4.69, 9.17) is 4.74 Å². The van der Waals surface area contributed by atoms with E-state index >= 15 is 0 Å². The fraction of sp³-hybridized carbons (Fsp3) is 0.333. The second-order valence-corrected chi connectivity index (χ2v) is 8.85. The Labute approximate surface area is 191 Å². The van der Waals surface area contributed by atoms with Crippen molar-refractivity contribution < 1.29 is 9.53 Å². The number of nitrogens with zero attached hydrogens (tertiary/aromatic N) is 2. The van der Waals surface area contributed by atoms with Crippen LogP contribution in [-0.2, 0) is 6.54 Å². The lowest BCUT2D eigenvalue weighted by atomic mass is 10.2. The highest BCUT2D eigenvalue weighted by molar-refractivity contribution is 7.10. The third-order valence-corrected chi connectivity index (χ3v) is 6.78. The molecule has 0 unspecified atom stereocenters. The van der Waals surface area contributed by atoms with Crippen molar-refractivity contribution in [3.05, 3.63) is 80.4 Å². The van der Waals surface area contributed by atoms with E-state index in [0.717, 1.165) is 48.2 Å². The Balaban J connectivity index is 1.34. The van der Waals surface area contributed by atoms with Gasteiger partial charge in [0.2, 0.25) is 0 Å². The van der Waals surface area contributed by atoms with E-state index in [0.29, 0.717) is 6.54 Å². The summed E-state index contributed by atoms with van der Waals surface area (Å²) in [4.78, 5) is 33.6. The molecular formula is C24H28N4O3S. The number of hydrogen-bond donors (Lipinski definition) is 2. The minimum Gasteiger partial charge on any atom is -0.495 e. The van der Waals surface area contributed by atoms with Gasteiger partial charge in [0.1, 0.15) is 11.3 Å². The molecule has 1 aliphatic heterocycles. The standard InChI is InChI=1S/C24H28N4O3S/c1-17(22-8-5-15-32-22)25-23(29)19-10-9-18(26-24(19)30)16-27-11-13-28(14-12-27)20-6-3-4-7-21(20)31-2/h3-10,15,17H,11-14,16H2,1-2H3,(H,25,29)(H,26,30)/t17-/m1/s1. The molecule has 1 amide bonds. The zero-order valence-electron chi connectivity index (χ0n) is 18.3. The number of amides is 1. The first-order chi connectivity index (χ1) is 15.5. The molecular weight excluding hydrogens is 424 g/mol. The summed E-state index contributed by atoms with van der Waals surface area (Å²) in [5.74, 6) is 0.525. The van der Waals surface area contributed by atoms with Gasteiger partial charge in [0.05, 0.1) is 18.8 Å². The molecule has 1 aromatic carbocycles. The molecule has 8 heteroatoms. The van der Waals surface area contributed by atoms with Crippen molar-refractivity contribution in [2.75, 3.05) is 38.2 Å². The summed E-state index contributed by atoms with van der Waals surface area (Å²) in [5.41, 5.74) is 1.70. The van der Waals surface area contributed by atoms with E-state index in [1.165, 1.54) is 0 Å². The van der Waals surface area contributed by atoms with Crippen LogP contribution < -0.4 is 20.5 Å². The lowest BCUT2D eigenvalue weighted by molar-refractivity contribution is 0.0939. The first kappa shape index (κ1) is 22.1. The Hall–Kier alpha value is -3.10. The molecule has 3 aromatic rings. The average Bonchev–Trinajstić information content (AvgIpc) is 3.35. The van der Waals surface area contributed by atoms with Crippen molar-refractivity contribution in [1.82, 2.24) is 15.2 Å². The van der Waals surface area contributed by atoms with Gasteiger partial charge in [-0.25, -0.2) is 0 Å². The highest BCUT2D eigenvalue weighted by Gasteiger charge is 2.20. The highest BCUT2D eigenvalue weighted by atomic mass is 32.1. The van der Waals surface area contributed by atoms with Crippen molar-refractivity contribution in [1.29, 1.82) is 0 Å². The maximum atomic E-state index is 12.5. The quantitative estimate of drug-likeness (QED) is 0.575. The third kappa shape index (κ3) is 5.03. The average molecular weight is 453 g/mol. The number of methoxy groups -OCH3 is 1. The second kappa shape index (κ2) is 10.0. The van der Waals surface area contributed by atoms with Crippen molar-refractivity contribution >= 4 is 22.9 Å². The molecule has 3 heterocycles. The molecule has 2 N–H and O–H groups in total. The van der Waals surface area contributed by atoms with Gasteiger partial charge in [-0.2, -0.15) is 0 Å². The Bertz CT molecular complexity index is 1100. The summed E-state index contributed by atoms with van der Waals surface area (Å²) in [6.45, 7) is 6.07. The van der Waals surface area contributed by atoms with Crippen molar-refractivity contribution in [2.45, 2.75) is 19.5 Å². The normalized spacial score (nSPS) is 15.4. The first-order valence-electron chi connectivity index (χ1n) is 10.7. The van der Waals surface area contributed by atoms with Gasteiger partial charge in [-0.15, -0.1) is 11.3 Å². The Morgan fingerprint density at radius 2 is 1.91 bits per heavy atom. The number of ether oxygens (including phenoxy) is 1. The predicted molar refractivity (Wildman–Crippen MR) is 128 cm³/mol. The summed E-state index contributed by atoms with van der Waals surface area (Å²) in [6, 6.07) is 15.3. The molecule has 32 heavy (non-hydrogen) atoms. The number of pyridine rings is 1. The molecule has 7 nitrogen and oxygen atoms in total. The minimum absolute atomic E-state index is 0.137. The van der Waals surface area contributed by atoms with Crippen molar-refractivity contribution in [2.24, 2.45) is 0 Å². The number of carbonyl (C=O) groups excluding carboxylic acids is 1. The zero-order chi connectivity index (χ0) is 22.5. The maximum absolute atomic E-state index is 12.5. The molecule has 1 saturated heterocycles. The largest absolute Gasteiger partial charge is 0.495 e. The number of nitrogens with one attached hydrogen (secondary N) is 2. The van der Waals surface area contributed by atoms with Crippen LogP contribution in [0.15, 0.2) is 58.7 Å². The van der Waals surface area contributed by atoms with Crippen LogP contribution in [0.4, 0.5) is 5.69 Å². The van der Waals surface area contributed by atoms with Crippen LogP contribution >= 0.6 is 11.3 Å². The van der Waals surface area contributed by atoms with Gasteiger partial charge in [-0.1, -0.05) is 18.2 Å². The van der Waals surface area contributed by atoms with Gasteiger partial charge >= 0.3 is 0 Å². The summed E-state index contributed by atoms with van der Waals surface area (Å²) < 4.78 is 5.48. The smallest absolute Gasteiger partial charge is 0.261 e. The molecule has 0 radical (unpaired) electrons. The maximum Gasteiger partial charge on any atom is 0.261 e. The Morgan fingerprint density at radius 1 is 1.12 bits per heavy atom. The number of para-hydroxylation sites is 2. The fourth-order valence-corrected chi connectivity index (χ4v) is 4.68. The number of H-pyrrole nitrogens is 1. The molecule has 0 aliphatic carbocycles. The van der Waals surface area contributed by atoms with E-state index in [1.54, 1.807) is 24.5 Å². The van der Waals surface area contributed by atoms with E-state index < -0.39 is 0 Å². The van der Waals surface area contributed by atoms with Gasteiger partial charge in [0.25, 0.3) is 11.5 Å². The molecule has 1 fully saturated rings. The van der Waals surface area contributed by atoms with Gasteiger partial charge in [0.15, 0.2) is 0 Å². The minimum atomic E-state index is -0.357. The number of benzene rings is 1. The number of hydrogen-bond acceptors (Lipinski definition) is 6. The van der Waals surface area contributed by atoms with E-state index in [1.807, 2.05) is 48.7 Å². The molecule has 168 valence electrons. The van der Waals surface area contributed by atoms with Gasteiger partial charge in [0, 0.05) is 43.3 Å². The molecule has 1 aliphatic rings. The zero-order valence-corrected chi connectivity index (χ0v) is 19.2. The van der Waals surface area contributed by atoms with Crippen molar-refractivity contribution in [3.8, 4) is 5.75 Å². The van der Waals surface area contributed by atoms with E-state index in [9.17, 15) is 9.59 Å². The highest BCUT2D eigenvalue weighted by Crippen LogP contribution is 2.28. The number of piperazine rings is 1. The lowest BCUT2D eigenvalue weighted by Crippen LogP contribution is -2.46. The predicted octanol–water partition coefficient (Wildman–Crippen LogP) is 3.26. The molecule has 0 spiro atoms. The number of thiophene rings is 1. The van der Waals surface area contributed by atoms with E-state index in [2.05, 4.69) is 26.2 Å². The summed E-state index contributed by atoms with van der Waals surface area (Å²) >= 11 is 1.58. The number of anilines is 1. The molecule has 2 aromatic heterocycles. The van der Waals surface area contributed by atoms with Gasteiger partial charge < -0.3 is 19.9 Å². The lowest BCUT2D eigenvalue weighted by Gasteiger charge is -2.36. The summed E-state index contributed by atoms with van der Waals surface area (Å²) in [5, 5.41) is 4.86. The number of rotatable bonds is 7. The Kier molecular flexibility index (Phi) is 6.92. The molecule has 4 rings (SSSR count). The first-order valence-corrected chi connectivity index (χ1v) is 11.6. The van der Waals surface area contributed by atoms with Crippen LogP contribution in [0.5, 0.6) is 5.75 Å². The Morgan fingerprint density at radius 3 is 2.59 bits per heavy atom. The van der Waals surface area contributed by atoms with Crippen LogP contribution in [0, 0.1) is 0 Å². The van der Waals surface area contributed by atoms with Crippen LogP contribution in [0.2, 0.25) is 0 Å². The second-order valence-electron chi connectivity index (χ2n) is 7.87. The van der Waals surface area contributed by atoms with Gasteiger partial charge in [-0.3, -0.25) is 14.5 Å². The van der Waals surface area contributed by atoms with Gasteiger partial charge in [-0.05, 0) is 42.6 Å². The molecule has 0 bridgehead atoms. The van der Waals surface area contributed by atoms with Crippen LogP contribution in [-0.4, -0.2) is 49.1 Å². The van der Waals surface area contributed by atoms with Crippen molar-refractivity contribution in [3.63, 3.8) is 0 Å². The number of aromatic nitrogens is 1.